The quantitative estimate of drug-likeness (QED) is 0.894. The van der Waals surface area contributed by atoms with Gasteiger partial charge in [-0.25, -0.2) is 13.2 Å². The fraction of sp³-hybridized carbons (Fsp3) is 0.250. The minimum absolute atomic E-state index is 0.207. The van der Waals surface area contributed by atoms with Gasteiger partial charge < -0.3 is 5.32 Å². The Morgan fingerprint density at radius 3 is 2.35 bits per heavy atom. The number of hydrogen-bond acceptors (Lipinski definition) is 1. The predicted octanol–water partition coefficient (Wildman–Crippen LogP) is 3.92. The van der Waals surface area contributed by atoms with E-state index in [1.807, 2.05) is 0 Å². The number of nitrogens with one attached hydrogen (secondary N) is 1. The van der Waals surface area contributed by atoms with Crippen molar-refractivity contribution in [3.05, 3.63) is 70.5 Å². The van der Waals surface area contributed by atoms with Crippen LogP contribution in [0, 0.1) is 24.4 Å². The van der Waals surface area contributed by atoms with Crippen molar-refractivity contribution in [3.63, 3.8) is 0 Å². The van der Waals surface area contributed by atoms with E-state index in [1.54, 1.807) is 25.2 Å². The van der Waals surface area contributed by atoms with Crippen molar-refractivity contribution in [3.8, 4) is 0 Å². The van der Waals surface area contributed by atoms with Gasteiger partial charge >= 0.3 is 0 Å². The standard InChI is InChI=1S/C16H16F3N/c1-10-7-8-12(16(19)15(10)18)14(20-2)9-11-5-3-4-6-13(11)17/h3-8,14,20H,9H2,1-2H3. The Balaban J connectivity index is 2.34. The highest BCUT2D eigenvalue weighted by molar-refractivity contribution is 5.30. The van der Waals surface area contributed by atoms with Crippen LogP contribution >= 0.6 is 0 Å². The van der Waals surface area contributed by atoms with E-state index in [1.165, 1.54) is 25.1 Å². The van der Waals surface area contributed by atoms with Gasteiger partial charge in [0.1, 0.15) is 5.82 Å². The molecule has 2 rings (SSSR count). The Bertz CT molecular complexity index is 611. The molecule has 0 heterocycles. The SMILES string of the molecule is CNC(Cc1ccccc1F)c1ccc(C)c(F)c1F. The molecular formula is C16H16F3N. The van der Waals surface area contributed by atoms with Crippen molar-refractivity contribution in [2.24, 2.45) is 0 Å². The Labute approximate surface area is 116 Å². The lowest BCUT2D eigenvalue weighted by Crippen LogP contribution is -2.21. The van der Waals surface area contributed by atoms with Gasteiger partial charge in [0, 0.05) is 11.6 Å². The van der Waals surface area contributed by atoms with Gasteiger partial charge in [0.25, 0.3) is 0 Å². The Hall–Kier alpha value is -1.81. The number of aryl methyl sites for hydroxylation is 1. The van der Waals surface area contributed by atoms with Crippen LogP contribution in [0.15, 0.2) is 36.4 Å². The zero-order chi connectivity index (χ0) is 14.7. The molecule has 1 unspecified atom stereocenters. The number of likely N-dealkylation sites (N-methyl/N-ethyl adjacent to an activating group) is 1. The molecule has 0 saturated carbocycles. The van der Waals surface area contributed by atoms with Crippen molar-refractivity contribution >= 4 is 0 Å². The summed E-state index contributed by atoms with van der Waals surface area (Å²) in [5, 5.41) is 2.91. The van der Waals surface area contributed by atoms with Gasteiger partial charge in [-0.1, -0.05) is 30.3 Å². The topological polar surface area (TPSA) is 12.0 Å². The predicted molar refractivity (Wildman–Crippen MR) is 73.0 cm³/mol. The van der Waals surface area contributed by atoms with Gasteiger partial charge in [0.05, 0.1) is 0 Å². The monoisotopic (exact) mass is 279 g/mol. The minimum atomic E-state index is -0.874. The van der Waals surface area contributed by atoms with E-state index in [-0.39, 0.29) is 23.4 Å². The second kappa shape index (κ2) is 6.09. The molecule has 106 valence electrons. The maximum absolute atomic E-state index is 14.0. The maximum Gasteiger partial charge on any atom is 0.163 e. The van der Waals surface area contributed by atoms with Crippen molar-refractivity contribution < 1.29 is 13.2 Å². The van der Waals surface area contributed by atoms with E-state index >= 15 is 0 Å². The lowest BCUT2D eigenvalue weighted by atomic mass is 9.97. The number of benzene rings is 2. The second-order valence-electron chi connectivity index (χ2n) is 4.74. The molecule has 1 N–H and O–H groups in total. The van der Waals surface area contributed by atoms with Gasteiger partial charge in [-0.05, 0) is 37.6 Å². The molecule has 0 aliphatic heterocycles. The summed E-state index contributed by atoms with van der Waals surface area (Å²) in [6, 6.07) is 8.89. The summed E-state index contributed by atoms with van der Waals surface area (Å²) in [7, 11) is 1.64. The Kier molecular flexibility index (Phi) is 4.45. The fourth-order valence-electron chi connectivity index (χ4n) is 2.18. The molecule has 4 heteroatoms. The summed E-state index contributed by atoms with van der Waals surface area (Å²) in [5.74, 6) is -2.07. The van der Waals surface area contributed by atoms with E-state index in [9.17, 15) is 13.2 Å². The highest BCUT2D eigenvalue weighted by atomic mass is 19.2. The number of hydrogen-bond donors (Lipinski definition) is 1. The van der Waals surface area contributed by atoms with Gasteiger partial charge in [-0.2, -0.15) is 0 Å². The first-order chi connectivity index (χ1) is 9.54. The summed E-state index contributed by atoms with van der Waals surface area (Å²) < 4.78 is 41.3. The summed E-state index contributed by atoms with van der Waals surface area (Å²) in [4.78, 5) is 0. The van der Waals surface area contributed by atoms with Crippen molar-refractivity contribution in [1.29, 1.82) is 0 Å². The smallest absolute Gasteiger partial charge is 0.163 e. The van der Waals surface area contributed by atoms with Crippen LogP contribution in [-0.4, -0.2) is 7.05 Å². The molecule has 0 fully saturated rings. The van der Waals surface area contributed by atoms with Gasteiger partial charge in [-0.15, -0.1) is 0 Å². The van der Waals surface area contributed by atoms with Crippen molar-refractivity contribution in [2.45, 2.75) is 19.4 Å². The highest BCUT2D eigenvalue weighted by Gasteiger charge is 2.19. The molecule has 0 bridgehead atoms. The van der Waals surface area contributed by atoms with Crippen LogP contribution in [0.3, 0.4) is 0 Å². The van der Waals surface area contributed by atoms with Gasteiger partial charge in [0.15, 0.2) is 11.6 Å². The third-order valence-electron chi connectivity index (χ3n) is 3.41. The zero-order valence-corrected chi connectivity index (χ0v) is 11.4. The summed E-state index contributed by atoms with van der Waals surface area (Å²) >= 11 is 0. The van der Waals surface area contributed by atoms with Crippen LogP contribution in [-0.2, 0) is 6.42 Å². The second-order valence-corrected chi connectivity index (χ2v) is 4.74. The van der Waals surface area contributed by atoms with Gasteiger partial charge in [-0.3, -0.25) is 0 Å². The molecule has 0 radical (unpaired) electrons. The minimum Gasteiger partial charge on any atom is -0.313 e. The molecular weight excluding hydrogens is 263 g/mol. The first-order valence-corrected chi connectivity index (χ1v) is 6.39. The lowest BCUT2D eigenvalue weighted by Gasteiger charge is -2.18. The van der Waals surface area contributed by atoms with Crippen LogP contribution in [0.4, 0.5) is 13.2 Å². The molecule has 0 aliphatic carbocycles. The van der Waals surface area contributed by atoms with E-state index in [2.05, 4.69) is 5.32 Å². The van der Waals surface area contributed by atoms with E-state index in [0.717, 1.165) is 0 Å². The third-order valence-corrected chi connectivity index (χ3v) is 3.41. The van der Waals surface area contributed by atoms with Gasteiger partial charge in [0.2, 0.25) is 0 Å². The average Bonchev–Trinajstić information content (AvgIpc) is 2.45. The lowest BCUT2D eigenvalue weighted by molar-refractivity contribution is 0.466. The largest absolute Gasteiger partial charge is 0.313 e. The Morgan fingerprint density at radius 1 is 1.00 bits per heavy atom. The van der Waals surface area contributed by atoms with Crippen LogP contribution in [0.1, 0.15) is 22.7 Å². The van der Waals surface area contributed by atoms with Crippen LogP contribution in [0.2, 0.25) is 0 Å². The third kappa shape index (κ3) is 2.85. The molecule has 0 amide bonds. The molecule has 2 aromatic carbocycles. The van der Waals surface area contributed by atoms with E-state index in [0.29, 0.717) is 5.56 Å². The highest BCUT2D eigenvalue weighted by Crippen LogP contribution is 2.25. The van der Waals surface area contributed by atoms with E-state index < -0.39 is 17.7 Å². The summed E-state index contributed by atoms with van der Waals surface area (Å²) in [5.41, 5.74) is 0.929. The zero-order valence-electron chi connectivity index (χ0n) is 11.4. The first kappa shape index (κ1) is 14.6. The molecule has 0 aliphatic rings. The van der Waals surface area contributed by atoms with Crippen LogP contribution in [0.25, 0.3) is 0 Å². The molecule has 20 heavy (non-hydrogen) atoms. The fourth-order valence-corrected chi connectivity index (χ4v) is 2.18. The average molecular weight is 279 g/mol. The number of rotatable bonds is 4. The van der Waals surface area contributed by atoms with Crippen LogP contribution in [0.5, 0.6) is 0 Å². The summed E-state index contributed by atoms with van der Waals surface area (Å²) in [6.45, 7) is 1.51. The normalized spacial score (nSPS) is 12.4. The number of halogens is 3. The molecule has 0 spiro atoms. The first-order valence-electron chi connectivity index (χ1n) is 6.39. The molecule has 1 nitrogen and oxygen atoms in total. The molecule has 0 saturated heterocycles. The Morgan fingerprint density at radius 2 is 1.70 bits per heavy atom. The van der Waals surface area contributed by atoms with Crippen molar-refractivity contribution in [2.75, 3.05) is 7.05 Å². The van der Waals surface area contributed by atoms with Crippen molar-refractivity contribution in [1.82, 2.24) is 5.32 Å². The maximum atomic E-state index is 14.0. The molecule has 1 atom stereocenters. The molecule has 2 aromatic rings. The molecule has 0 aromatic heterocycles. The summed E-state index contributed by atoms with van der Waals surface area (Å²) in [6.07, 6.45) is 0.253. The van der Waals surface area contributed by atoms with Crippen LogP contribution < -0.4 is 5.32 Å². The van der Waals surface area contributed by atoms with E-state index in [4.69, 9.17) is 0 Å².